The minimum Gasteiger partial charge on any atom is -0.490 e. The van der Waals surface area contributed by atoms with Crippen molar-refractivity contribution in [3.05, 3.63) is 48.2 Å². The van der Waals surface area contributed by atoms with Crippen LogP contribution in [0, 0.1) is 0 Å². The van der Waals surface area contributed by atoms with E-state index in [1.54, 1.807) is 6.20 Å². The van der Waals surface area contributed by atoms with E-state index in [2.05, 4.69) is 10.3 Å². The molecule has 1 aromatic heterocycles. The van der Waals surface area contributed by atoms with Crippen LogP contribution in [0.25, 0.3) is 0 Å². The second kappa shape index (κ2) is 9.78. The van der Waals surface area contributed by atoms with Gasteiger partial charge in [-0.05, 0) is 44.5 Å². The number of nitrogens with one attached hydrogen (secondary N) is 1. The summed E-state index contributed by atoms with van der Waals surface area (Å²) in [6.07, 6.45) is 1.84. The number of benzene rings is 1. The highest BCUT2D eigenvalue weighted by molar-refractivity contribution is 5.43. The van der Waals surface area contributed by atoms with Gasteiger partial charge in [0.15, 0.2) is 11.5 Å². The number of nitrogens with zero attached hydrogens (tertiary/aromatic N) is 1. The lowest BCUT2D eigenvalue weighted by atomic mass is 10.2. The van der Waals surface area contributed by atoms with E-state index in [9.17, 15) is 0 Å². The molecule has 130 valence electrons. The predicted molar refractivity (Wildman–Crippen MR) is 94.8 cm³/mol. The smallest absolute Gasteiger partial charge is 0.213 e. The second-order valence-electron chi connectivity index (χ2n) is 5.57. The first-order valence-corrected chi connectivity index (χ1v) is 8.36. The molecule has 0 aliphatic rings. The molecular formula is C19H26N2O3. The van der Waals surface area contributed by atoms with E-state index in [0.29, 0.717) is 19.1 Å². The van der Waals surface area contributed by atoms with Gasteiger partial charge in [0.1, 0.15) is 6.61 Å². The first-order valence-electron chi connectivity index (χ1n) is 8.36. The molecule has 2 aromatic rings. The van der Waals surface area contributed by atoms with Crippen molar-refractivity contribution >= 4 is 0 Å². The SMILES string of the molecule is CCOc1cc(CNCCOc2ccccn2)ccc1OC(C)C. The van der Waals surface area contributed by atoms with Crippen LogP contribution in [-0.4, -0.2) is 30.8 Å². The van der Waals surface area contributed by atoms with Crippen molar-refractivity contribution in [2.24, 2.45) is 0 Å². The van der Waals surface area contributed by atoms with Crippen LogP contribution >= 0.6 is 0 Å². The van der Waals surface area contributed by atoms with E-state index in [0.717, 1.165) is 30.2 Å². The summed E-state index contributed by atoms with van der Waals surface area (Å²) in [4.78, 5) is 4.12. The lowest BCUT2D eigenvalue weighted by Crippen LogP contribution is -2.20. The summed E-state index contributed by atoms with van der Waals surface area (Å²) in [5.41, 5.74) is 1.15. The van der Waals surface area contributed by atoms with Crippen LogP contribution in [0.15, 0.2) is 42.6 Å². The second-order valence-corrected chi connectivity index (χ2v) is 5.57. The Kier molecular flexibility index (Phi) is 7.36. The minimum absolute atomic E-state index is 0.122. The van der Waals surface area contributed by atoms with Crippen molar-refractivity contribution in [2.45, 2.75) is 33.4 Å². The Labute approximate surface area is 144 Å². The average Bonchev–Trinajstić information content (AvgIpc) is 2.57. The summed E-state index contributed by atoms with van der Waals surface area (Å²) in [7, 11) is 0. The van der Waals surface area contributed by atoms with Gasteiger partial charge in [-0.2, -0.15) is 0 Å². The molecule has 0 fully saturated rings. The number of hydrogen-bond donors (Lipinski definition) is 1. The van der Waals surface area contributed by atoms with Crippen molar-refractivity contribution in [3.8, 4) is 17.4 Å². The van der Waals surface area contributed by atoms with Crippen LogP contribution in [-0.2, 0) is 6.54 Å². The average molecular weight is 330 g/mol. The van der Waals surface area contributed by atoms with Gasteiger partial charge >= 0.3 is 0 Å². The zero-order valence-electron chi connectivity index (χ0n) is 14.6. The molecule has 1 N–H and O–H groups in total. The zero-order chi connectivity index (χ0) is 17.2. The monoisotopic (exact) mass is 330 g/mol. The summed E-state index contributed by atoms with van der Waals surface area (Å²) in [6.45, 7) is 8.66. The molecular weight excluding hydrogens is 304 g/mol. The Morgan fingerprint density at radius 2 is 1.96 bits per heavy atom. The molecule has 1 aromatic carbocycles. The maximum atomic E-state index is 5.77. The maximum absolute atomic E-state index is 5.77. The molecule has 0 aliphatic heterocycles. The van der Waals surface area contributed by atoms with Crippen LogP contribution < -0.4 is 19.5 Å². The van der Waals surface area contributed by atoms with Gasteiger partial charge in [0.05, 0.1) is 12.7 Å². The molecule has 0 amide bonds. The van der Waals surface area contributed by atoms with E-state index in [-0.39, 0.29) is 6.10 Å². The molecule has 0 spiro atoms. The van der Waals surface area contributed by atoms with Crippen molar-refractivity contribution in [1.82, 2.24) is 10.3 Å². The first-order chi connectivity index (χ1) is 11.7. The lowest BCUT2D eigenvalue weighted by Gasteiger charge is -2.15. The molecule has 5 heteroatoms. The van der Waals surface area contributed by atoms with Crippen LogP contribution in [0.2, 0.25) is 0 Å². The number of ether oxygens (including phenoxy) is 3. The maximum Gasteiger partial charge on any atom is 0.213 e. The van der Waals surface area contributed by atoms with Crippen molar-refractivity contribution in [3.63, 3.8) is 0 Å². The fourth-order valence-electron chi connectivity index (χ4n) is 2.18. The van der Waals surface area contributed by atoms with E-state index in [1.165, 1.54) is 0 Å². The molecule has 2 rings (SSSR count). The molecule has 0 bridgehead atoms. The number of hydrogen-bond acceptors (Lipinski definition) is 5. The topological polar surface area (TPSA) is 52.6 Å². The van der Waals surface area contributed by atoms with Crippen molar-refractivity contribution in [2.75, 3.05) is 19.8 Å². The molecule has 0 radical (unpaired) electrons. The minimum atomic E-state index is 0.122. The van der Waals surface area contributed by atoms with Crippen molar-refractivity contribution < 1.29 is 14.2 Å². The van der Waals surface area contributed by atoms with Crippen LogP contribution in [0.5, 0.6) is 17.4 Å². The molecule has 0 saturated carbocycles. The van der Waals surface area contributed by atoms with Crippen molar-refractivity contribution in [1.29, 1.82) is 0 Å². The van der Waals surface area contributed by atoms with E-state index in [4.69, 9.17) is 14.2 Å². The normalized spacial score (nSPS) is 10.7. The van der Waals surface area contributed by atoms with Crippen LogP contribution in [0.1, 0.15) is 26.3 Å². The third kappa shape index (κ3) is 6.08. The molecule has 0 aliphatic carbocycles. The Hall–Kier alpha value is -2.27. The van der Waals surface area contributed by atoms with Crippen LogP contribution in [0.3, 0.4) is 0 Å². The van der Waals surface area contributed by atoms with Crippen LogP contribution in [0.4, 0.5) is 0 Å². The molecule has 24 heavy (non-hydrogen) atoms. The molecule has 1 heterocycles. The van der Waals surface area contributed by atoms with Gasteiger partial charge in [-0.25, -0.2) is 4.98 Å². The van der Waals surface area contributed by atoms with E-state index < -0.39 is 0 Å². The van der Waals surface area contributed by atoms with Gasteiger partial charge in [-0.15, -0.1) is 0 Å². The third-order valence-corrected chi connectivity index (χ3v) is 3.17. The standard InChI is InChI=1S/C19H26N2O3/c1-4-22-18-13-16(8-9-17(18)24-15(2)3)14-20-11-12-23-19-7-5-6-10-21-19/h5-10,13,15,20H,4,11-12,14H2,1-3H3. The van der Waals surface area contributed by atoms with Gasteiger partial charge in [-0.1, -0.05) is 12.1 Å². The fraction of sp³-hybridized carbons (Fsp3) is 0.421. The van der Waals surface area contributed by atoms with E-state index in [1.807, 2.05) is 57.2 Å². The first kappa shape index (κ1) is 18.1. The lowest BCUT2D eigenvalue weighted by molar-refractivity contribution is 0.223. The molecule has 0 unspecified atom stereocenters. The van der Waals surface area contributed by atoms with Gasteiger partial charge in [0.2, 0.25) is 5.88 Å². The number of pyridine rings is 1. The third-order valence-electron chi connectivity index (χ3n) is 3.17. The Balaban J connectivity index is 1.80. The predicted octanol–water partition coefficient (Wildman–Crippen LogP) is 3.44. The quantitative estimate of drug-likeness (QED) is 0.676. The van der Waals surface area contributed by atoms with Gasteiger partial charge in [0.25, 0.3) is 0 Å². The largest absolute Gasteiger partial charge is 0.490 e. The Bertz CT molecular complexity index is 603. The van der Waals surface area contributed by atoms with E-state index >= 15 is 0 Å². The highest BCUT2D eigenvalue weighted by Gasteiger charge is 2.08. The molecule has 0 atom stereocenters. The molecule has 0 saturated heterocycles. The molecule has 5 nitrogen and oxygen atoms in total. The number of rotatable bonds is 10. The summed E-state index contributed by atoms with van der Waals surface area (Å²) in [5.74, 6) is 2.22. The number of aromatic nitrogens is 1. The van der Waals surface area contributed by atoms with Gasteiger partial charge < -0.3 is 19.5 Å². The summed E-state index contributed by atoms with van der Waals surface area (Å²) < 4.78 is 17.0. The highest BCUT2D eigenvalue weighted by atomic mass is 16.5. The Morgan fingerprint density at radius 3 is 2.67 bits per heavy atom. The van der Waals surface area contributed by atoms with Gasteiger partial charge in [-0.3, -0.25) is 0 Å². The summed E-state index contributed by atoms with van der Waals surface area (Å²) in [6, 6.07) is 11.7. The zero-order valence-corrected chi connectivity index (χ0v) is 14.6. The highest BCUT2D eigenvalue weighted by Crippen LogP contribution is 2.29. The van der Waals surface area contributed by atoms with Gasteiger partial charge in [0, 0.05) is 25.4 Å². The Morgan fingerprint density at radius 1 is 1.08 bits per heavy atom. The fourth-order valence-corrected chi connectivity index (χ4v) is 2.18. The summed E-state index contributed by atoms with van der Waals surface area (Å²) >= 11 is 0. The summed E-state index contributed by atoms with van der Waals surface area (Å²) in [5, 5.41) is 3.35.